The van der Waals surface area contributed by atoms with Crippen molar-refractivity contribution in [3.05, 3.63) is 24.3 Å². The zero-order valence-corrected chi connectivity index (χ0v) is 21.2. The lowest BCUT2D eigenvalue weighted by Crippen LogP contribution is -2.32. The van der Waals surface area contributed by atoms with E-state index in [0.29, 0.717) is 0 Å². The van der Waals surface area contributed by atoms with Crippen LogP contribution in [0.3, 0.4) is 0 Å². The van der Waals surface area contributed by atoms with Crippen molar-refractivity contribution in [3.63, 3.8) is 0 Å². The molecule has 1 fully saturated rings. The first-order valence-electron chi connectivity index (χ1n) is 11.1. The number of aliphatic imine (C=N–C) groups is 1. The summed E-state index contributed by atoms with van der Waals surface area (Å²) in [5.41, 5.74) is 0.997. The van der Waals surface area contributed by atoms with E-state index in [2.05, 4.69) is 10.6 Å². The highest BCUT2D eigenvalue weighted by molar-refractivity contribution is 14.0. The van der Waals surface area contributed by atoms with Gasteiger partial charge >= 0.3 is 0 Å². The smallest absolute Gasteiger partial charge is 0.195 e. The van der Waals surface area contributed by atoms with Crippen LogP contribution in [0.1, 0.15) is 52.4 Å². The molecule has 2 rings (SSSR count). The monoisotopic (exact) mass is 533 g/mol. The third-order valence-electron chi connectivity index (χ3n) is 4.57. The molecule has 0 amide bonds. The summed E-state index contributed by atoms with van der Waals surface area (Å²) >= 11 is 0. The molecule has 0 atom stereocenters. The summed E-state index contributed by atoms with van der Waals surface area (Å²) in [7, 11) is 1.75. The molecule has 2 N–H and O–H groups in total. The molecule has 1 aliphatic carbocycles. The first kappa shape index (κ1) is 27.0. The van der Waals surface area contributed by atoms with Gasteiger partial charge in [0, 0.05) is 45.7 Å². The van der Waals surface area contributed by atoms with Crippen molar-refractivity contribution in [3.8, 4) is 5.75 Å². The molecule has 1 aromatic carbocycles. The third kappa shape index (κ3) is 13.3. The van der Waals surface area contributed by atoms with Crippen LogP contribution in [0.15, 0.2) is 29.3 Å². The van der Waals surface area contributed by atoms with Crippen LogP contribution in [0.25, 0.3) is 0 Å². The highest BCUT2D eigenvalue weighted by Crippen LogP contribution is 2.28. The molecule has 0 heterocycles. The second-order valence-electron chi connectivity index (χ2n) is 7.90. The molecule has 1 aromatic rings. The maximum absolute atomic E-state index is 5.71. The van der Waals surface area contributed by atoms with Gasteiger partial charge in [0.2, 0.25) is 0 Å². The highest BCUT2D eigenvalue weighted by Gasteiger charge is 2.20. The predicted molar refractivity (Wildman–Crippen MR) is 135 cm³/mol. The molecule has 0 aromatic heterocycles. The van der Waals surface area contributed by atoms with E-state index in [9.17, 15) is 0 Å². The molecule has 30 heavy (non-hydrogen) atoms. The summed E-state index contributed by atoms with van der Waals surface area (Å²) in [4.78, 5) is 4.71. The van der Waals surface area contributed by atoms with Crippen molar-refractivity contribution in [2.75, 3.05) is 45.3 Å². The molecule has 0 radical (unpaired) electrons. The van der Waals surface area contributed by atoms with Crippen LogP contribution in [0.5, 0.6) is 5.75 Å². The minimum Gasteiger partial charge on any atom is -0.491 e. The Balaban J connectivity index is 0.00000450. The molecule has 0 bridgehead atoms. The Bertz CT molecular complexity index is 578. The van der Waals surface area contributed by atoms with E-state index in [1.807, 2.05) is 38.1 Å². The summed E-state index contributed by atoms with van der Waals surface area (Å²) < 4.78 is 16.5. The summed E-state index contributed by atoms with van der Waals surface area (Å²) in [5, 5.41) is 6.84. The second-order valence-corrected chi connectivity index (χ2v) is 7.90. The number of hydrogen-bond acceptors (Lipinski definition) is 4. The average Bonchev–Trinajstić information content (AvgIpc) is 3.52. The number of nitrogens with zero attached hydrogens (tertiary/aromatic N) is 1. The quantitative estimate of drug-likeness (QED) is 0.143. The molecule has 7 heteroatoms. The fourth-order valence-electron chi connectivity index (χ4n) is 2.81. The van der Waals surface area contributed by atoms with Crippen LogP contribution in [0.4, 0.5) is 5.69 Å². The first-order valence-corrected chi connectivity index (χ1v) is 11.1. The average molecular weight is 533 g/mol. The van der Waals surface area contributed by atoms with Crippen molar-refractivity contribution < 1.29 is 14.2 Å². The minimum atomic E-state index is 0. The van der Waals surface area contributed by atoms with Crippen molar-refractivity contribution in [1.82, 2.24) is 5.32 Å². The lowest BCUT2D eigenvalue weighted by molar-refractivity contribution is 0.123. The molecule has 172 valence electrons. The van der Waals surface area contributed by atoms with E-state index in [4.69, 9.17) is 19.2 Å². The number of guanidine groups is 1. The number of benzene rings is 1. The van der Waals surface area contributed by atoms with Crippen LogP contribution in [0.2, 0.25) is 0 Å². The Morgan fingerprint density at radius 2 is 1.83 bits per heavy atom. The van der Waals surface area contributed by atoms with E-state index in [0.717, 1.165) is 81.9 Å². The Morgan fingerprint density at radius 1 is 1.07 bits per heavy atom. The van der Waals surface area contributed by atoms with Gasteiger partial charge in [-0.15, -0.1) is 24.0 Å². The number of anilines is 1. The largest absolute Gasteiger partial charge is 0.491 e. The van der Waals surface area contributed by atoms with Gasteiger partial charge in [0.05, 0.1) is 6.10 Å². The zero-order valence-electron chi connectivity index (χ0n) is 18.8. The lowest BCUT2D eigenvalue weighted by atomic mass is 10.2. The fourth-order valence-corrected chi connectivity index (χ4v) is 2.81. The maximum atomic E-state index is 5.71. The van der Waals surface area contributed by atoms with Gasteiger partial charge in [-0.05, 0) is 82.6 Å². The number of unbranched alkanes of at least 4 members (excludes halogenated alkanes) is 2. The Morgan fingerprint density at radius 3 is 2.50 bits per heavy atom. The van der Waals surface area contributed by atoms with E-state index in [1.54, 1.807) is 7.11 Å². The molecule has 0 aliphatic heterocycles. The Kier molecular flexibility index (Phi) is 14.9. The molecule has 0 saturated heterocycles. The molecule has 1 aliphatic rings. The van der Waals surface area contributed by atoms with Crippen LogP contribution in [-0.4, -0.2) is 52.1 Å². The fraction of sp³-hybridized carbons (Fsp3) is 0.696. The number of nitrogens with one attached hydrogen (secondary N) is 2. The Labute approximate surface area is 199 Å². The van der Waals surface area contributed by atoms with Gasteiger partial charge in [0.25, 0.3) is 0 Å². The van der Waals surface area contributed by atoms with Crippen molar-refractivity contribution in [1.29, 1.82) is 0 Å². The van der Waals surface area contributed by atoms with Crippen LogP contribution in [0, 0.1) is 5.92 Å². The number of halogens is 1. The van der Waals surface area contributed by atoms with Crippen LogP contribution < -0.4 is 15.4 Å². The first-order chi connectivity index (χ1) is 14.2. The molecule has 0 spiro atoms. The normalized spacial score (nSPS) is 13.8. The second kappa shape index (κ2) is 16.6. The van der Waals surface area contributed by atoms with E-state index in [-0.39, 0.29) is 30.1 Å². The topological polar surface area (TPSA) is 64.1 Å². The van der Waals surface area contributed by atoms with Gasteiger partial charge in [-0.2, -0.15) is 0 Å². The van der Waals surface area contributed by atoms with Gasteiger partial charge in [0.15, 0.2) is 5.96 Å². The van der Waals surface area contributed by atoms with Crippen LogP contribution in [-0.2, 0) is 9.47 Å². The molecular weight excluding hydrogens is 493 g/mol. The standard InChI is InChI=1S/C23H39N3O3.HI/c1-19(2)29-22-12-10-21(11-13-22)26-23(24-14-5-4-6-16-27-3)25-15-7-17-28-18-20-8-9-20;/h10-13,19-20H,4-9,14-18H2,1-3H3,(H2,24,25,26);1H. The summed E-state index contributed by atoms with van der Waals surface area (Å²) in [6.07, 6.45) is 7.11. The number of ether oxygens (including phenoxy) is 3. The maximum Gasteiger partial charge on any atom is 0.195 e. The highest BCUT2D eigenvalue weighted by atomic mass is 127. The van der Waals surface area contributed by atoms with E-state index >= 15 is 0 Å². The summed E-state index contributed by atoms with van der Waals surface area (Å²) in [6.45, 7) is 8.22. The molecule has 0 unspecified atom stereocenters. The van der Waals surface area contributed by atoms with Gasteiger partial charge in [0.1, 0.15) is 5.75 Å². The van der Waals surface area contributed by atoms with Gasteiger partial charge in [-0.1, -0.05) is 0 Å². The SMILES string of the molecule is COCCCCCNC(=NCCCOCC1CC1)Nc1ccc(OC(C)C)cc1.I. The molecule has 1 saturated carbocycles. The van der Waals surface area contributed by atoms with E-state index < -0.39 is 0 Å². The number of hydrogen-bond donors (Lipinski definition) is 2. The van der Waals surface area contributed by atoms with Crippen LogP contribution >= 0.6 is 24.0 Å². The van der Waals surface area contributed by atoms with Crippen molar-refractivity contribution in [2.24, 2.45) is 10.9 Å². The van der Waals surface area contributed by atoms with Gasteiger partial charge < -0.3 is 24.8 Å². The van der Waals surface area contributed by atoms with Crippen molar-refractivity contribution in [2.45, 2.75) is 58.5 Å². The lowest BCUT2D eigenvalue weighted by Gasteiger charge is -2.14. The van der Waals surface area contributed by atoms with E-state index in [1.165, 1.54) is 12.8 Å². The zero-order chi connectivity index (χ0) is 20.7. The molecular formula is C23H40IN3O3. The van der Waals surface area contributed by atoms with Crippen molar-refractivity contribution >= 4 is 35.6 Å². The van der Waals surface area contributed by atoms with Gasteiger partial charge in [-0.3, -0.25) is 4.99 Å². The minimum absolute atomic E-state index is 0. The predicted octanol–water partition coefficient (Wildman–Crippen LogP) is 5.08. The number of rotatable bonds is 15. The number of methoxy groups -OCH3 is 1. The molecule has 6 nitrogen and oxygen atoms in total. The Hall–Kier alpha value is -1.06. The van der Waals surface area contributed by atoms with Gasteiger partial charge in [-0.25, -0.2) is 0 Å². The summed E-state index contributed by atoms with van der Waals surface area (Å²) in [5.74, 6) is 2.51. The summed E-state index contributed by atoms with van der Waals surface area (Å²) in [6, 6.07) is 8.01. The third-order valence-corrected chi connectivity index (χ3v) is 4.57.